The van der Waals surface area contributed by atoms with Gasteiger partial charge in [0.2, 0.25) is 5.91 Å². The van der Waals surface area contributed by atoms with E-state index in [1.165, 1.54) is 18.9 Å². The first-order valence-corrected chi connectivity index (χ1v) is 7.24. The van der Waals surface area contributed by atoms with E-state index in [9.17, 15) is 14.4 Å². The maximum absolute atomic E-state index is 12.6. The van der Waals surface area contributed by atoms with Crippen molar-refractivity contribution in [3.63, 3.8) is 0 Å². The minimum Gasteiger partial charge on any atom is -0.469 e. The number of aliphatic hydroxyl groups excluding tert-OH is 1. The first-order valence-electron chi connectivity index (χ1n) is 7.24. The fourth-order valence-electron chi connectivity index (χ4n) is 2.12. The number of nitrogens with one attached hydrogen (secondary N) is 1. The number of nitrogens with zero attached hydrogens (tertiary/aromatic N) is 1. The predicted molar refractivity (Wildman–Crippen MR) is 84.9 cm³/mol. The lowest BCUT2D eigenvalue weighted by Crippen LogP contribution is -2.39. The fourth-order valence-corrected chi connectivity index (χ4v) is 2.12. The highest BCUT2D eigenvalue weighted by Gasteiger charge is 2.22. The maximum Gasteiger partial charge on any atom is 0.310 e. The normalized spacial score (nSPS) is 11.5. The van der Waals surface area contributed by atoms with Crippen LogP contribution < -0.4 is 5.32 Å². The molecule has 2 N–H and O–H groups in total. The van der Waals surface area contributed by atoms with E-state index < -0.39 is 11.9 Å². The number of hydrogen-bond donors (Lipinski definition) is 2. The third kappa shape index (κ3) is 5.71. The number of carbonyl (C=O) groups is 3. The van der Waals surface area contributed by atoms with Crippen LogP contribution >= 0.6 is 0 Å². The molecule has 126 valence electrons. The Bertz CT molecular complexity index is 573. The van der Waals surface area contributed by atoms with Gasteiger partial charge in [0.1, 0.15) is 0 Å². The van der Waals surface area contributed by atoms with Crippen molar-refractivity contribution in [2.75, 3.05) is 32.1 Å². The zero-order valence-corrected chi connectivity index (χ0v) is 13.5. The van der Waals surface area contributed by atoms with Crippen molar-refractivity contribution in [1.29, 1.82) is 0 Å². The van der Waals surface area contributed by atoms with E-state index in [0.717, 1.165) is 0 Å². The largest absolute Gasteiger partial charge is 0.469 e. The van der Waals surface area contributed by atoms with Crippen LogP contribution in [-0.2, 0) is 14.3 Å². The van der Waals surface area contributed by atoms with Gasteiger partial charge in [-0.05, 0) is 18.2 Å². The van der Waals surface area contributed by atoms with Crippen LogP contribution in [0.5, 0.6) is 0 Å². The molecule has 0 bridgehead atoms. The smallest absolute Gasteiger partial charge is 0.310 e. The summed E-state index contributed by atoms with van der Waals surface area (Å²) in [6, 6.07) is 6.49. The molecule has 0 saturated heterocycles. The van der Waals surface area contributed by atoms with Crippen molar-refractivity contribution >= 4 is 23.5 Å². The van der Waals surface area contributed by atoms with Gasteiger partial charge in [-0.15, -0.1) is 0 Å². The average molecular weight is 322 g/mol. The number of benzene rings is 1. The Hall–Kier alpha value is -2.41. The van der Waals surface area contributed by atoms with Crippen LogP contribution in [0.3, 0.4) is 0 Å². The molecule has 0 fully saturated rings. The number of carbonyl (C=O) groups excluding carboxylic acids is 3. The summed E-state index contributed by atoms with van der Waals surface area (Å²) < 4.78 is 4.65. The van der Waals surface area contributed by atoms with Crippen molar-refractivity contribution < 1.29 is 24.2 Å². The van der Waals surface area contributed by atoms with Gasteiger partial charge in [0.25, 0.3) is 5.91 Å². The Kier molecular flexibility index (Phi) is 7.21. The number of aliphatic hydroxyl groups is 1. The van der Waals surface area contributed by atoms with Crippen molar-refractivity contribution in [3.05, 3.63) is 29.8 Å². The molecule has 7 heteroatoms. The number of ether oxygens (including phenoxy) is 1. The summed E-state index contributed by atoms with van der Waals surface area (Å²) in [4.78, 5) is 36.6. The Morgan fingerprint density at radius 2 is 2.04 bits per heavy atom. The van der Waals surface area contributed by atoms with Crippen LogP contribution in [0.1, 0.15) is 24.2 Å². The van der Waals surface area contributed by atoms with Gasteiger partial charge in [-0.3, -0.25) is 14.4 Å². The van der Waals surface area contributed by atoms with Crippen molar-refractivity contribution in [1.82, 2.24) is 4.90 Å². The molecule has 0 heterocycles. The van der Waals surface area contributed by atoms with E-state index in [4.69, 9.17) is 5.11 Å². The van der Waals surface area contributed by atoms with Gasteiger partial charge in [0.05, 0.1) is 19.6 Å². The highest BCUT2D eigenvalue weighted by atomic mass is 16.5. The van der Waals surface area contributed by atoms with E-state index in [1.807, 2.05) is 0 Å². The second-order valence-electron chi connectivity index (χ2n) is 5.16. The number of anilines is 1. The van der Waals surface area contributed by atoms with Gasteiger partial charge >= 0.3 is 5.97 Å². The van der Waals surface area contributed by atoms with E-state index in [0.29, 0.717) is 11.3 Å². The second-order valence-corrected chi connectivity index (χ2v) is 5.16. The Labute approximate surface area is 135 Å². The van der Waals surface area contributed by atoms with E-state index in [-0.39, 0.29) is 31.5 Å². The lowest BCUT2D eigenvalue weighted by molar-refractivity contribution is -0.145. The lowest BCUT2D eigenvalue weighted by Gasteiger charge is -2.24. The average Bonchev–Trinajstić information content (AvgIpc) is 2.52. The molecular formula is C16H22N2O5. The topological polar surface area (TPSA) is 95.9 Å². The molecule has 0 aliphatic carbocycles. The van der Waals surface area contributed by atoms with Crippen molar-refractivity contribution in [3.8, 4) is 0 Å². The van der Waals surface area contributed by atoms with Crippen LogP contribution in [0.2, 0.25) is 0 Å². The van der Waals surface area contributed by atoms with Crippen LogP contribution in [0.4, 0.5) is 5.69 Å². The van der Waals surface area contributed by atoms with Gasteiger partial charge in [-0.25, -0.2) is 0 Å². The number of amides is 2. The Balaban J connectivity index is 2.92. The summed E-state index contributed by atoms with van der Waals surface area (Å²) in [5, 5.41) is 11.8. The molecule has 0 spiro atoms. The highest BCUT2D eigenvalue weighted by Crippen LogP contribution is 2.14. The SMILES string of the molecule is COC(=O)C(C)CN(CCO)C(=O)c1cccc(NC(C)=O)c1. The second kappa shape index (κ2) is 8.89. The molecule has 0 aliphatic heterocycles. The highest BCUT2D eigenvalue weighted by molar-refractivity contribution is 5.97. The predicted octanol–water partition coefficient (Wildman–Crippen LogP) is 0.889. The molecule has 0 aromatic heterocycles. The standard InChI is InChI=1S/C16H22N2O5/c1-11(16(22)23-3)10-18(7-8-19)15(21)13-5-4-6-14(9-13)17-12(2)20/h4-6,9,11,19H,7-8,10H2,1-3H3,(H,17,20). The first-order chi connectivity index (χ1) is 10.9. The molecule has 0 radical (unpaired) electrons. The third-order valence-electron chi connectivity index (χ3n) is 3.18. The summed E-state index contributed by atoms with van der Waals surface area (Å²) in [5.41, 5.74) is 0.870. The summed E-state index contributed by atoms with van der Waals surface area (Å²) in [7, 11) is 1.29. The number of esters is 1. The van der Waals surface area contributed by atoms with Crippen LogP contribution in [-0.4, -0.2) is 54.6 Å². The zero-order valence-electron chi connectivity index (χ0n) is 13.5. The summed E-state index contributed by atoms with van der Waals surface area (Å²) in [6.07, 6.45) is 0. The lowest BCUT2D eigenvalue weighted by atomic mass is 10.1. The summed E-state index contributed by atoms with van der Waals surface area (Å²) in [5.74, 6) is -1.50. The van der Waals surface area contributed by atoms with Gasteiger partial charge in [-0.2, -0.15) is 0 Å². The van der Waals surface area contributed by atoms with Gasteiger partial charge in [-0.1, -0.05) is 13.0 Å². The van der Waals surface area contributed by atoms with Gasteiger partial charge in [0.15, 0.2) is 0 Å². The molecule has 1 unspecified atom stereocenters. The monoisotopic (exact) mass is 322 g/mol. The molecule has 1 rings (SSSR count). The van der Waals surface area contributed by atoms with E-state index in [1.54, 1.807) is 31.2 Å². The zero-order chi connectivity index (χ0) is 17.4. The molecule has 2 amide bonds. The maximum atomic E-state index is 12.6. The van der Waals surface area contributed by atoms with E-state index >= 15 is 0 Å². The number of methoxy groups -OCH3 is 1. The molecule has 1 aromatic carbocycles. The molecule has 23 heavy (non-hydrogen) atoms. The Morgan fingerprint density at radius 1 is 1.35 bits per heavy atom. The molecular weight excluding hydrogens is 300 g/mol. The van der Waals surface area contributed by atoms with Crippen molar-refractivity contribution in [2.24, 2.45) is 5.92 Å². The molecule has 1 aromatic rings. The summed E-state index contributed by atoms with van der Waals surface area (Å²) in [6.45, 7) is 3.05. The van der Waals surface area contributed by atoms with E-state index in [2.05, 4.69) is 10.1 Å². The van der Waals surface area contributed by atoms with Gasteiger partial charge in [0, 0.05) is 31.3 Å². The fraction of sp³-hybridized carbons (Fsp3) is 0.438. The van der Waals surface area contributed by atoms with Gasteiger partial charge < -0.3 is 20.1 Å². The number of rotatable bonds is 7. The minimum absolute atomic E-state index is 0.102. The Morgan fingerprint density at radius 3 is 2.61 bits per heavy atom. The minimum atomic E-state index is -0.506. The molecule has 0 saturated carbocycles. The summed E-state index contributed by atoms with van der Waals surface area (Å²) >= 11 is 0. The molecule has 1 atom stereocenters. The van der Waals surface area contributed by atoms with Crippen molar-refractivity contribution in [2.45, 2.75) is 13.8 Å². The third-order valence-corrected chi connectivity index (χ3v) is 3.18. The quantitative estimate of drug-likeness (QED) is 0.727. The molecule has 7 nitrogen and oxygen atoms in total. The van der Waals surface area contributed by atoms with Crippen LogP contribution in [0, 0.1) is 5.92 Å². The number of hydrogen-bond acceptors (Lipinski definition) is 5. The molecule has 0 aliphatic rings. The first kappa shape index (κ1) is 18.6. The van der Waals surface area contributed by atoms with Crippen LogP contribution in [0.15, 0.2) is 24.3 Å². The van der Waals surface area contributed by atoms with Crippen LogP contribution in [0.25, 0.3) is 0 Å².